The molecule has 2 atom stereocenters. The minimum absolute atomic E-state index is 0.102. The van der Waals surface area contributed by atoms with Crippen LogP contribution in [0.15, 0.2) is 24.3 Å². The minimum atomic E-state index is 0.102. The van der Waals surface area contributed by atoms with Crippen molar-refractivity contribution in [2.75, 3.05) is 26.2 Å². The summed E-state index contributed by atoms with van der Waals surface area (Å²) in [6, 6.07) is 8.30. The lowest BCUT2D eigenvalue weighted by atomic mass is 10.1. The number of rotatable bonds is 5. The second kappa shape index (κ2) is 7.57. The number of morpholine rings is 1. The second-order valence-electron chi connectivity index (χ2n) is 5.98. The molecule has 0 radical (unpaired) electrons. The van der Waals surface area contributed by atoms with Crippen molar-refractivity contribution in [3.63, 3.8) is 0 Å². The summed E-state index contributed by atoms with van der Waals surface area (Å²) in [6.07, 6.45) is 1.29. The number of carbonyl (C=O) groups excluding carboxylic acids is 1. The Labute approximate surface area is 127 Å². The summed E-state index contributed by atoms with van der Waals surface area (Å²) < 4.78 is 5.68. The first-order valence-corrected chi connectivity index (χ1v) is 7.73. The Bertz CT molecular complexity index is 466. The Morgan fingerprint density at radius 2 is 1.95 bits per heavy atom. The average molecular weight is 290 g/mol. The number of amides is 1. The van der Waals surface area contributed by atoms with Crippen LogP contribution in [0.5, 0.6) is 0 Å². The predicted octanol–water partition coefficient (Wildman–Crippen LogP) is 1.76. The molecule has 4 heteroatoms. The fraction of sp³-hybridized carbons (Fsp3) is 0.588. The van der Waals surface area contributed by atoms with Gasteiger partial charge in [0.1, 0.15) is 0 Å². The molecule has 1 heterocycles. The number of carbonyl (C=O) groups is 1. The summed E-state index contributed by atoms with van der Waals surface area (Å²) in [4.78, 5) is 14.2. The van der Waals surface area contributed by atoms with E-state index in [4.69, 9.17) is 4.74 Å². The molecule has 0 bridgehead atoms. The van der Waals surface area contributed by atoms with Crippen LogP contribution in [0.1, 0.15) is 25.0 Å². The number of ether oxygens (including phenoxy) is 1. The molecule has 1 aromatic rings. The van der Waals surface area contributed by atoms with Gasteiger partial charge in [0.2, 0.25) is 5.91 Å². The predicted molar refractivity (Wildman–Crippen MR) is 84.3 cm³/mol. The summed E-state index contributed by atoms with van der Waals surface area (Å²) >= 11 is 0. The zero-order valence-electron chi connectivity index (χ0n) is 13.3. The zero-order chi connectivity index (χ0) is 15.2. The van der Waals surface area contributed by atoms with Crippen molar-refractivity contribution in [1.82, 2.24) is 10.2 Å². The van der Waals surface area contributed by atoms with Crippen molar-refractivity contribution in [3.05, 3.63) is 35.4 Å². The van der Waals surface area contributed by atoms with Gasteiger partial charge < -0.3 is 10.1 Å². The fourth-order valence-corrected chi connectivity index (χ4v) is 2.90. The number of benzene rings is 1. The van der Waals surface area contributed by atoms with Gasteiger partial charge in [0.25, 0.3) is 0 Å². The van der Waals surface area contributed by atoms with Gasteiger partial charge in [0.05, 0.1) is 18.8 Å². The Morgan fingerprint density at radius 3 is 2.62 bits per heavy atom. The Balaban J connectivity index is 1.71. The summed E-state index contributed by atoms with van der Waals surface area (Å²) in [5.41, 5.74) is 2.58. The smallest absolute Gasteiger partial charge is 0.234 e. The van der Waals surface area contributed by atoms with Gasteiger partial charge >= 0.3 is 0 Å². The van der Waals surface area contributed by atoms with Crippen LogP contribution in [0, 0.1) is 6.92 Å². The van der Waals surface area contributed by atoms with Gasteiger partial charge in [-0.3, -0.25) is 9.69 Å². The summed E-state index contributed by atoms with van der Waals surface area (Å²) in [5.74, 6) is 0.102. The number of aryl methyl sites for hydroxylation is 1. The first-order chi connectivity index (χ1) is 10.0. The number of nitrogens with zero attached hydrogens (tertiary/aromatic N) is 1. The van der Waals surface area contributed by atoms with E-state index in [9.17, 15) is 4.79 Å². The zero-order valence-corrected chi connectivity index (χ0v) is 13.3. The average Bonchev–Trinajstić information content (AvgIpc) is 2.39. The normalized spacial score (nSPS) is 23.0. The topological polar surface area (TPSA) is 41.6 Å². The molecule has 0 aromatic heterocycles. The monoisotopic (exact) mass is 290 g/mol. The number of hydrogen-bond acceptors (Lipinski definition) is 3. The van der Waals surface area contributed by atoms with Gasteiger partial charge in [0.15, 0.2) is 0 Å². The molecule has 2 rings (SSSR count). The van der Waals surface area contributed by atoms with E-state index in [-0.39, 0.29) is 18.1 Å². The Morgan fingerprint density at radius 1 is 1.29 bits per heavy atom. The fourth-order valence-electron chi connectivity index (χ4n) is 2.90. The van der Waals surface area contributed by atoms with Crippen molar-refractivity contribution in [3.8, 4) is 0 Å². The lowest BCUT2D eigenvalue weighted by molar-refractivity contribution is -0.125. The van der Waals surface area contributed by atoms with Gasteiger partial charge in [-0.15, -0.1) is 0 Å². The lowest BCUT2D eigenvalue weighted by Crippen LogP contribution is -2.49. The third kappa shape index (κ3) is 5.14. The van der Waals surface area contributed by atoms with Crippen LogP contribution in [0.25, 0.3) is 0 Å². The SMILES string of the molecule is Cc1ccccc1CCNC(=O)CN1CC(C)OC(C)C1. The van der Waals surface area contributed by atoms with Crippen LogP contribution in [-0.4, -0.2) is 49.2 Å². The van der Waals surface area contributed by atoms with Crippen LogP contribution in [0.4, 0.5) is 0 Å². The number of hydrogen-bond donors (Lipinski definition) is 1. The highest BCUT2D eigenvalue weighted by atomic mass is 16.5. The molecule has 1 aliphatic heterocycles. The first-order valence-electron chi connectivity index (χ1n) is 7.73. The quantitative estimate of drug-likeness (QED) is 0.898. The molecule has 1 aliphatic rings. The molecular formula is C17H26N2O2. The molecule has 1 fully saturated rings. The van der Waals surface area contributed by atoms with Gasteiger partial charge in [-0.25, -0.2) is 0 Å². The molecule has 0 spiro atoms. The molecule has 116 valence electrons. The highest BCUT2D eigenvalue weighted by molar-refractivity contribution is 5.78. The molecule has 0 aliphatic carbocycles. The lowest BCUT2D eigenvalue weighted by Gasteiger charge is -2.34. The van der Waals surface area contributed by atoms with E-state index < -0.39 is 0 Å². The van der Waals surface area contributed by atoms with Gasteiger partial charge in [0, 0.05) is 19.6 Å². The van der Waals surface area contributed by atoms with Crippen molar-refractivity contribution < 1.29 is 9.53 Å². The third-order valence-electron chi connectivity index (χ3n) is 3.84. The highest BCUT2D eigenvalue weighted by Crippen LogP contribution is 2.10. The summed E-state index contributed by atoms with van der Waals surface area (Å²) in [5, 5.41) is 3.01. The molecule has 0 saturated carbocycles. The van der Waals surface area contributed by atoms with Crippen LogP contribution in [-0.2, 0) is 16.0 Å². The van der Waals surface area contributed by atoms with E-state index in [1.165, 1.54) is 11.1 Å². The molecule has 1 saturated heterocycles. The molecular weight excluding hydrogens is 264 g/mol. The molecule has 1 amide bonds. The second-order valence-corrected chi connectivity index (χ2v) is 5.98. The Hall–Kier alpha value is -1.39. The highest BCUT2D eigenvalue weighted by Gasteiger charge is 2.23. The van der Waals surface area contributed by atoms with Crippen molar-refractivity contribution in [2.24, 2.45) is 0 Å². The van der Waals surface area contributed by atoms with E-state index in [1.54, 1.807) is 0 Å². The van der Waals surface area contributed by atoms with Crippen LogP contribution < -0.4 is 5.32 Å². The van der Waals surface area contributed by atoms with Gasteiger partial charge in [-0.1, -0.05) is 24.3 Å². The first kappa shape index (κ1) is 16.0. The standard InChI is InChI=1S/C17H26N2O2/c1-13-6-4-5-7-16(13)8-9-18-17(20)12-19-10-14(2)21-15(3)11-19/h4-7,14-15H,8-12H2,1-3H3,(H,18,20). The maximum atomic E-state index is 12.0. The maximum absolute atomic E-state index is 12.0. The van der Waals surface area contributed by atoms with Crippen molar-refractivity contribution in [2.45, 2.75) is 39.4 Å². The molecule has 1 N–H and O–H groups in total. The van der Waals surface area contributed by atoms with Crippen molar-refractivity contribution >= 4 is 5.91 Å². The van der Waals surface area contributed by atoms with E-state index in [1.807, 2.05) is 12.1 Å². The molecule has 2 unspecified atom stereocenters. The van der Waals surface area contributed by atoms with E-state index in [2.05, 4.69) is 43.1 Å². The van der Waals surface area contributed by atoms with Gasteiger partial charge in [-0.2, -0.15) is 0 Å². The summed E-state index contributed by atoms with van der Waals surface area (Å²) in [7, 11) is 0. The van der Waals surface area contributed by atoms with E-state index in [0.29, 0.717) is 13.1 Å². The van der Waals surface area contributed by atoms with Crippen LogP contribution in [0.3, 0.4) is 0 Å². The minimum Gasteiger partial charge on any atom is -0.373 e. The number of nitrogens with one attached hydrogen (secondary N) is 1. The van der Waals surface area contributed by atoms with Crippen molar-refractivity contribution in [1.29, 1.82) is 0 Å². The van der Waals surface area contributed by atoms with Crippen LogP contribution >= 0.6 is 0 Å². The van der Waals surface area contributed by atoms with E-state index in [0.717, 1.165) is 19.5 Å². The third-order valence-corrected chi connectivity index (χ3v) is 3.84. The summed E-state index contributed by atoms with van der Waals surface area (Å²) in [6.45, 7) is 9.03. The Kier molecular flexibility index (Phi) is 5.76. The maximum Gasteiger partial charge on any atom is 0.234 e. The largest absolute Gasteiger partial charge is 0.373 e. The van der Waals surface area contributed by atoms with Gasteiger partial charge in [-0.05, 0) is 38.3 Å². The molecule has 1 aromatic carbocycles. The van der Waals surface area contributed by atoms with Crippen LogP contribution in [0.2, 0.25) is 0 Å². The molecule has 21 heavy (non-hydrogen) atoms. The van der Waals surface area contributed by atoms with E-state index >= 15 is 0 Å². The molecule has 4 nitrogen and oxygen atoms in total.